The maximum Gasteiger partial charge on any atom is 0.258 e. The lowest BCUT2D eigenvalue weighted by molar-refractivity contribution is 0.412. The third-order valence-electron chi connectivity index (χ3n) is 2.13. The molecule has 0 atom stereocenters. The van der Waals surface area contributed by atoms with Gasteiger partial charge in [0.1, 0.15) is 11.4 Å². The first-order valence-corrected chi connectivity index (χ1v) is 4.51. The molecule has 0 spiro atoms. The Morgan fingerprint density at radius 1 is 1.53 bits per heavy atom. The van der Waals surface area contributed by atoms with Crippen molar-refractivity contribution in [3.05, 3.63) is 40.4 Å². The molecule has 0 aliphatic carbocycles. The minimum absolute atomic E-state index is 0.153. The SMILES string of the molecule is COc1ccc2nc(CN)cc(=O)n2c1. The maximum absolute atomic E-state index is 11.6. The van der Waals surface area contributed by atoms with Crippen LogP contribution in [0.15, 0.2) is 29.2 Å². The van der Waals surface area contributed by atoms with Gasteiger partial charge in [-0.3, -0.25) is 9.20 Å². The van der Waals surface area contributed by atoms with Crippen molar-refractivity contribution in [2.75, 3.05) is 7.11 Å². The second kappa shape index (κ2) is 3.70. The first kappa shape index (κ1) is 9.67. The Balaban J connectivity index is 2.74. The molecule has 78 valence electrons. The smallest absolute Gasteiger partial charge is 0.258 e. The molecule has 5 nitrogen and oxygen atoms in total. The first-order valence-electron chi connectivity index (χ1n) is 4.51. The Bertz CT molecular complexity index is 548. The summed E-state index contributed by atoms with van der Waals surface area (Å²) in [6.45, 7) is 0.262. The van der Waals surface area contributed by atoms with Gasteiger partial charge in [-0.2, -0.15) is 0 Å². The molecule has 2 aromatic heterocycles. The molecule has 0 fully saturated rings. The summed E-state index contributed by atoms with van der Waals surface area (Å²) in [6.07, 6.45) is 1.60. The number of rotatable bonds is 2. The summed E-state index contributed by atoms with van der Waals surface area (Å²) in [5.74, 6) is 0.617. The molecule has 0 aliphatic heterocycles. The van der Waals surface area contributed by atoms with Gasteiger partial charge in [-0.1, -0.05) is 0 Å². The molecule has 15 heavy (non-hydrogen) atoms. The zero-order chi connectivity index (χ0) is 10.8. The average Bonchev–Trinajstić information content (AvgIpc) is 2.28. The first-order chi connectivity index (χ1) is 7.24. The second-order valence-corrected chi connectivity index (χ2v) is 3.09. The molecule has 2 N–H and O–H groups in total. The van der Waals surface area contributed by atoms with E-state index in [4.69, 9.17) is 10.5 Å². The molecule has 0 aliphatic rings. The summed E-state index contributed by atoms with van der Waals surface area (Å²) < 4.78 is 6.45. The molecule has 0 saturated carbocycles. The van der Waals surface area contributed by atoms with Crippen molar-refractivity contribution in [2.24, 2.45) is 5.73 Å². The van der Waals surface area contributed by atoms with Gasteiger partial charge in [-0.15, -0.1) is 0 Å². The van der Waals surface area contributed by atoms with Gasteiger partial charge >= 0.3 is 0 Å². The normalized spacial score (nSPS) is 10.5. The summed E-state index contributed by atoms with van der Waals surface area (Å²) in [6, 6.07) is 4.90. The highest BCUT2D eigenvalue weighted by molar-refractivity contribution is 5.41. The van der Waals surface area contributed by atoms with E-state index in [0.29, 0.717) is 17.1 Å². The average molecular weight is 205 g/mol. The number of hydrogen-bond donors (Lipinski definition) is 1. The van der Waals surface area contributed by atoms with Crippen LogP contribution in [0.1, 0.15) is 5.69 Å². The molecule has 0 bridgehead atoms. The van der Waals surface area contributed by atoms with Crippen LogP contribution in [-0.4, -0.2) is 16.5 Å². The number of methoxy groups -OCH3 is 1. The van der Waals surface area contributed by atoms with Gasteiger partial charge in [0.05, 0.1) is 19.0 Å². The van der Waals surface area contributed by atoms with Crippen LogP contribution >= 0.6 is 0 Å². The molecular weight excluding hydrogens is 194 g/mol. The predicted octanol–water partition coefficient (Wildman–Crippen LogP) is 0.162. The third kappa shape index (κ3) is 1.69. The van der Waals surface area contributed by atoms with Crippen LogP contribution in [0.4, 0.5) is 0 Å². The van der Waals surface area contributed by atoms with E-state index in [1.165, 1.54) is 10.5 Å². The standard InChI is InChI=1S/C10H11N3O2/c1-15-8-2-3-9-12-7(5-11)4-10(14)13(9)6-8/h2-4,6H,5,11H2,1H3. The molecule has 0 aromatic carbocycles. The molecule has 0 amide bonds. The molecule has 0 saturated heterocycles. The van der Waals surface area contributed by atoms with Crippen molar-refractivity contribution in [3.63, 3.8) is 0 Å². The van der Waals surface area contributed by atoms with E-state index in [2.05, 4.69) is 4.98 Å². The van der Waals surface area contributed by atoms with E-state index in [0.717, 1.165) is 0 Å². The van der Waals surface area contributed by atoms with E-state index in [9.17, 15) is 4.79 Å². The van der Waals surface area contributed by atoms with Gasteiger partial charge in [0, 0.05) is 12.6 Å². The number of nitrogens with zero attached hydrogens (tertiary/aromatic N) is 2. The van der Waals surface area contributed by atoms with Gasteiger partial charge < -0.3 is 10.5 Å². The second-order valence-electron chi connectivity index (χ2n) is 3.09. The number of nitrogens with two attached hydrogens (primary N) is 1. The Morgan fingerprint density at radius 3 is 3.00 bits per heavy atom. The van der Waals surface area contributed by atoms with E-state index in [-0.39, 0.29) is 12.1 Å². The van der Waals surface area contributed by atoms with Crippen molar-refractivity contribution >= 4 is 5.65 Å². The summed E-state index contributed by atoms with van der Waals surface area (Å²) in [7, 11) is 1.55. The van der Waals surface area contributed by atoms with E-state index < -0.39 is 0 Å². The molecular formula is C10H11N3O2. The number of fused-ring (bicyclic) bond motifs is 1. The van der Waals surface area contributed by atoms with Crippen molar-refractivity contribution in [1.29, 1.82) is 0 Å². The van der Waals surface area contributed by atoms with Crippen LogP contribution in [-0.2, 0) is 6.54 Å². The van der Waals surface area contributed by atoms with Crippen LogP contribution in [0, 0.1) is 0 Å². The van der Waals surface area contributed by atoms with Crippen molar-refractivity contribution in [1.82, 2.24) is 9.38 Å². The van der Waals surface area contributed by atoms with Gasteiger partial charge in [0.15, 0.2) is 0 Å². The molecule has 2 heterocycles. The highest BCUT2D eigenvalue weighted by Crippen LogP contribution is 2.09. The minimum Gasteiger partial charge on any atom is -0.495 e. The van der Waals surface area contributed by atoms with Crippen LogP contribution in [0.5, 0.6) is 5.75 Å². The minimum atomic E-state index is -0.153. The quantitative estimate of drug-likeness (QED) is 0.758. The summed E-state index contributed by atoms with van der Waals surface area (Å²) in [5.41, 5.74) is 6.44. The monoisotopic (exact) mass is 205 g/mol. The lowest BCUT2D eigenvalue weighted by atomic mass is 10.3. The van der Waals surface area contributed by atoms with Gasteiger partial charge in [-0.25, -0.2) is 4.98 Å². The lowest BCUT2D eigenvalue weighted by Crippen LogP contribution is -2.16. The lowest BCUT2D eigenvalue weighted by Gasteiger charge is -2.04. The summed E-state index contributed by atoms with van der Waals surface area (Å²) in [4.78, 5) is 15.9. The number of ether oxygens (including phenoxy) is 1. The van der Waals surface area contributed by atoms with E-state index >= 15 is 0 Å². The molecule has 0 radical (unpaired) electrons. The summed E-state index contributed by atoms with van der Waals surface area (Å²) in [5, 5.41) is 0. The topological polar surface area (TPSA) is 69.6 Å². The number of pyridine rings is 1. The van der Waals surface area contributed by atoms with Crippen molar-refractivity contribution < 1.29 is 4.74 Å². The fourth-order valence-electron chi connectivity index (χ4n) is 1.36. The third-order valence-corrected chi connectivity index (χ3v) is 2.13. The van der Waals surface area contributed by atoms with Gasteiger partial charge in [0.25, 0.3) is 5.56 Å². The fourth-order valence-corrected chi connectivity index (χ4v) is 1.36. The van der Waals surface area contributed by atoms with Crippen LogP contribution in [0.3, 0.4) is 0 Å². The summed E-state index contributed by atoms with van der Waals surface area (Å²) >= 11 is 0. The Labute approximate surface area is 86.1 Å². The van der Waals surface area contributed by atoms with E-state index in [1.807, 2.05) is 0 Å². The zero-order valence-electron chi connectivity index (χ0n) is 8.30. The largest absolute Gasteiger partial charge is 0.495 e. The van der Waals surface area contributed by atoms with Crippen LogP contribution in [0.25, 0.3) is 5.65 Å². The maximum atomic E-state index is 11.6. The zero-order valence-corrected chi connectivity index (χ0v) is 8.30. The van der Waals surface area contributed by atoms with Crippen molar-refractivity contribution in [3.8, 4) is 5.75 Å². The number of aromatic nitrogens is 2. The Kier molecular flexibility index (Phi) is 2.39. The van der Waals surface area contributed by atoms with Crippen molar-refractivity contribution in [2.45, 2.75) is 6.54 Å². The predicted molar refractivity (Wildman–Crippen MR) is 55.9 cm³/mol. The van der Waals surface area contributed by atoms with E-state index in [1.54, 1.807) is 25.4 Å². The van der Waals surface area contributed by atoms with Gasteiger partial charge in [-0.05, 0) is 12.1 Å². The van der Waals surface area contributed by atoms with Crippen LogP contribution < -0.4 is 16.0 Å². The Hall–Kier alpha value is -1.88. The fraction of sp³-hybridized carbons (Fsp3) is 0.200. The molecule has 5 heteroatoms. The van der Waals surface area contributed by atoms with Crippen LogP contribution in [0.2, 0.25) is 0 Å². The van der Waals surface area contributed by atoms with Gasteiger partial charge in [0.2, 0.25) is 0 Å². The number of hydrogen-bond acceptors (Lipinski definition) is 4. The highest BCUT2D eigenvalue weighted by atomic mass is 16.5. The molecule has 2 rings (SSSR count). The Morgan fingerprint density at radius 2 is 2.33 bits per heavy atom. The highest BCUT2D eigenvalue weighted by Gasteiger charge is 2.01. The molecule has 0 unspecified atom stereocenters. The molecule has 2 aromatic rings.